The molecule has 1 heterocycles. The molecule has 0 aliphatic heterocycles. The van der Waals surface area contributed by atoms with E-state index in [-0.39, 0.29) is 22.8 Å². The van der Waals surface area contributed by atoms with E-state index in [1.54, 1.807) is 0 Å². The second kappa shape index (κ2) is 6.32. The lowest BCUT2D eigenvalue weighted by Crippen LogP contribution is -2.23. The highest BCUT2D eigenvalue weighted by Gasteiger charge is 2.09. The highest BCUT2D eigenvalue weighted by Crippen LogP contribution is 2.15. The smallest absolute Gasteiger partial charge is 0.337 e. The molecule has 21 heavy (non-hydrogen) atoms. The molecule has 0 bridgehead atoms. The molecule has 0 aliphatic rings. The molecule has 2 rings (SSSR count). The molecule has 0 unspecified atom stereocenters. The highest BCUT2D eigenvalue weighted by atomic mass is 35.5. The Balaban J connectivity index is 2.01. The monoisotopic (exact) mass is 308 g/mol. The van der Waals surface area contributed by atoms with E-state index in [4.69, 9.17) is 16.7 Å². The summed E-state index contributed by atoms with van der Waals surface area (Å²) in [5.74, 6) is -2.11. The minimum atomic E-state index is -1.12. The second-order valence-corrected chi connectivity index (χ2v) is 4.58. The molecule has 0 spiro atoms. The number of nitrogens with zero attached hydrogens (tertiary/aromatic N) is 1. The van der Waals surface area contributed by atoms with E-state index >= 15 is 0 Å². The van der Waals surface area contributed by atoms with E-state index in [2.05, 4.69) is 10.3 Å². The van der Waals surface area contributed by atoms with Crippen molar-refractivity contribution in [3.05, 3.63) is 64.2 Å². The standard InChI is InChI=1S/C14H10ClFN2O3/c15-10-5-8(1-3-11(10)16)6-18-13(19)12-4-2-9(7-17-12)14(20)21/h1-5,7H,6H2,(H,18,19)(H,20,21). The van der Waals surface area contributed by atoms with Gasteiger partial charge in [0.25, 0.3) is 5.91 Å². The predicted molar refractivity (Wildman–Crippen MR) is 73.8 cm³/mol. The SMILES string of the molecule is O=C(O)c1ccc(C(=O)NCc2ccc(F)c(Cl)c2)nc1. The Morgan fingerprint density at radius 3 is 2.62 bits per heavy atom. The van der Waals surface area contributed by atoms with Gasteiger partial charge in [-0.3, -0.25) is 9.78 Å². The number of carboxylic acids is 1. The molecule has 0 saturated heterocycles. The quantitative estimate of drug-likeness (QED) is 0.909. The number of aromatic carboxylic acids is 1. The number of benzene rings is 1. The number of nitrogens with one attached hydrogen (secondary N) is 1. The normalized spacial score (nSPS) is 10.2. The molecule has 1 amide bonds. The third-order valence-corrected chi connectivity index (χ3v) is 2.97. The first kappa shape index (κ1) is 14.9. The van der Waals surface area contributed by atoms with Crippen molar-refractivity contribution in [1.29, 1.82) is 0 Å². The van der Waals surface area contributed by atoms with Crippen LogP contribution >= 0.6 is 11.6 Å². The Hall–Kier alpha value is -2.47. The van der Waals surface area contributed by atoms with Gasteiger partial charge in [0.2, 0.25) is 0 Å². The molecule has 1 aromatic carbocycles. The van der Waals surface area contributed by atoms with Crippen molar-refractivity contribution in [2.24, 2.45) is 0 Å². The van der Waals surface area contributed by atoms with Crippen LogP contribution in [0.15, 0.2) is 36.5 Å². The lowest BCUT2D eigenvalue weighted by atomic mass is 10.2. The molecule has 7 heteroatoms. The summed E-state index contributed by atoms with van der Waals surface area (Å²) in [6, 6.07) is 6.74. The number of carbonyl (C=O) groups excluding carboxylic acids is 1. The number of carbonyl (C=O) groups is 2. The summed E-state index contributed by atoms with van der Waals surface area (Å²) in [4.78, 5) is 26.3. The average molecular weight is 309 g/mol. The fraction of sp³-hybridized carbons (Fsp3) is 0.0714. The first-order chi connectivity index (χ1) is 9.97. The average Bonchev–Trinajstić information content (AvgIpc) is 2.48. The second-order valence-electron chi connectivity index (χ2n) is 4.17. The van der Waals surface area contributed by atoms with Crippen LogP contribution in [0.4, 0.5) is 4.39 Å². The lowest BCUT2D eigenvalue weighted by Gasteiger charge is -2.06. The molecule has 2 aromatic rings. The number of amides is 1. The zero-order valence-electron chi connectivity index (χ0n) is 10.6. The van der Waals surface area contributed by atoms with Gasteiger partial charge < -0.3 is 10.4 Å². The van der Waals surface area contributed by atoms with Gasteiger partial charge in [-0.15, -0.1) is 0 Å². The molecule has 0 saturated carbocycles. The van der Waals surface area contributed by atoms with Crippen LogP contribution in [-0.2, 0) is 6.54 Å². The van der Waals surface area contributed by atoms with Gasteiger partial charge in [0.15, 0.2) is 0 Å². The Morgan fingerprint density at radius 1 is 1.29 bits per heavy atom. The van der Waals surface area contributed by atoms with Crippen molar-refractivity contribution >= 4 is 23.5 Å². The van der Waals surface area contributed by atoms with Crippen LogP contribution in [0.1, 0.15) is 26.4 Å². The van der Waals surface area contributed by atoms with Crippen molar-refractivity contribution in [3.8, 4) is 0 Å². The zero-order valence-corrected chi connectivity index (χ0v) is 11.4. The van der Waals surface area contributed by atoms with Crippen molar-refractivity contribution in [1.82, 2.24) is 10.3 Å². The number of aromatic nitrogens is 1. The van der Waals surface area contributed by atoms with Crippen molar-refractivity contribution < 1.29 is 19.1 Å². The molecule has 5 nitrogen and oxygen atoms in total. The first-order valence-electron chi connectivity index (χ1n) is 5.89. The van der Waals surface area contributed by atoms with Gasteiger partial charge in [0, 0.05) is 12.7 Å². The number of halogens is 2. The third-order valence-electron chi connectivity index (χ3n) is 2.68. The summed E-state index contributed by atoms with van der Waals surface area (Å²) in [7, 11) is 0. The van der Waals surface area contributed by atoms with Gasteiger partial charge in [-0.25, -0.2) is 9.18 Å². The van der Waals surface area contributed by atoms with Gasteiger partial charge in [-0.05, 0) is 29.8 Å². The molecule has 0 radical (unpaired) electrons. The number of hydrogen-bond acceptors (Lipinski definition) is 3. The minimum Gasteiger partial charge on any atom is -0.478 e. The molecule has 0 atom stereocenters. The topological polar surface area (TPSA) is 79.3 Å². The summed E-state index contributed by atoms with van der Waals surface area (Å²) in [6.45, 7) is 0.154. The van der Waals surface area contributed by atoms with E-state index in [0.29, 0.717) is 5.56 Å². The fourth-order valence-electron chi connectivity index (χ4n) is 1.58. The fourth-order valence-corrected chi connectivity index (χ4v) is 1.78. The maximum atomic E-state index is 13.0. The molecule has 0 fully saturated rings. The lowest BCUT2D eigenvalue weighted by molar-refractivity contribution is 0.0695. The predicted octanol–water partition coefficient (Wildman–Crippen LogP) is 2.50. The van der Waals surface area contributed by atoms with E-state index < -0.39 is 17.7 Å². The highest BCUT2D eigenvalue weighted by molar-refractivity contribution is 6.30. The minimum absolute atomic E-state index is 0.00290. The van der Waals surface area contributed by atoms with Crippen LogP contribution in [0.2, 0.25) is 5.02 Å². The summed E-state index contributed by atoms with van der Waals surface area (Å²) >= 11 is 5.64. The van der Waals surface area contributed by atoms with E-state index in [9.17, 15) is 14.0 Å². The number of pyridine rings is 1. The molecule has 108 valence electrons. The Bertz CT molecular complexity index is 689. The largest absolute Gasteiger partial charge is 0.478 e. The summed E-state index contributed by atoms with van der Waals surface area (Å²) in [5.41, 5.74) is 0.724. The number of carboxylic acid groups (broad SMARTS) is 1. The third kappa shape index (κ3) is 3.76. The van der Waals surface area contributed by atoms with Gasteiger partial charge in [-0.1, -0.05) is 17.7 Å². The van der Waals surface area contributed by atoms with Crippen molar-refractivity contribution in [2.75, 3.05) is 0 Å². The van der Waals surface area contributed by atoms with Gasteiger partial charge >= 0.3 is 5.97 Å². The molecule has 0 aliphatic carbocycles. The van der Waals surface area contributed by atoms with E-state index in [0.717, 1.165) is 6.20 Å². The van der Waals surface area contributed by atoms with Crippen LogP contribution in [-0.4, -0.2) is 22.0 Å². The van der Waals surface area contributed by atoms with Gasteiger partial charge in [0.05, 0.1) is 10.6 Å². The first-order valence-corrected chi connectivity index (χ1v) is 6.26. The Morgan fingerprint density at radius 2 is 2.05 bits per heavy atom. The maximum Gasteiger partial charge on any atom is 0.337 e. The Labute approximate surface area is 124 Å². The molecular formula is C14H10ClFN2O3. The van der Waals surface area contributed by atoms with Crippen LogP contribution in [0.3, 0.4) is 0 Å². The summed E-state index contributed by atoms with van der Waals surface area (Å²) in [5, 5.41) is 11.3. The van der Waals surface area contributed by atoms with Crippen LogP contribution in [0.5, 0.6) is 0 Å². The van der Waals surface area contributed by atoms with Gasteiger partial charge in [-0.2, -0.15) is 0 Å². The zero-order chi connectivity index (χ0) is 15.4. The van der Waals surface area contributed by atoms with Crippen molar-refractivity contribution in [2.45, 2.75) is 6.54 Å². The van der Waals surface area contributed by atoms with Crippen LogP contribution < -0.4 is 5.32 Å². The van der Waals surface area contributed by atoms with Crippen LogP contribution in [0, 0.1) is 5.82 Å². The molecule has 2 N–H and O–H groups in total. The summed E-state index contributed by atoms with van der Waals surface area (Å²) < 4.78 is 13.0. The number of rotatable bonds is 4. The van der Waals surface area contributed by atoms with E-state index in [1.807, 2.05) is 0 Å². The number of hydrogen-bond donors (Lipinski definition) is 2. The van der Waals surface area contributed by atoms with Crippen LogP contribution in [0.25, 0.3) is 0 Å². The molecule has 1 aromatic heterocycles. The van der Waals surface area contributed by atoms with E-state index in [1.165, 1.54) is 30.3 Å². The van der Waals surface area contributed by atoms with Gasteiger partial charge in [0.1, 0.15) is 11.5 Å². The maximum absolute atomic E-state index is 13.0. The van der Waals surface area contributed by atoms with Crippen molar-refractivity contribution in [3.63, 3.8) is 0 Å². The summed E-state index contributed by atoms with van der Waals surface area (Å²) in [6.07, 6.45) is 1.10. The molecular weight excluding hydrogens is 299 g/mol. The Kier molecular flexibility index (Phi) is 4.49.